The van der Waals surface area contributed by atoms with Gasteiger partial charge < -0.3 is 14.7 Å². The van der Waals surface area contributed by atoms with Crippen LogP contribution in [-0.2, 0) is 27.1 Å². The van der Waals surface area contributed by atoms with Gasteiger partial charge in [-0.25, -0.2) is 0 Å². The summed E-state index contributed by atoms with van der Waals surface area (Å²) in [5, 5.41) is 0. The maximum atomic E-state index is 2.76. The second kappa shape index (κ2) is 15.5. The van der Waals surface area contributed by atoms with Crippen LogP contribution in [-0.4, -0.2) is 12.3 Å². The molecule has 3 heterocycles. The summed E-state index contributed by atoms with van der Waals surface area (Å²) in [6, 6.07) is 55.1. The predicted molar refractivity (Wildman–Crippen MR) is 304 cm³/mol. The highest BCUT2D eigenvalue weighted by Gasteiger charge is 2.60. The van der Waals surface area contributed by atoms with Crippen molar-refractivity contribution >= 4 is 68.6 Å². The zero-order valence-electron chi connectivity index (χ0n) is 44.8. The molecule has 2 atom stereocenters. The number of nitrogens with zero attached hydrogens (tertiary/aromatic N) is 3. The maximum Gasteiger partial charge on any atom is 0.252 e. The van der Waals surface area contributed by atoms with Crippen LogP contribution in [0.3, 0.4) is 0 Å². The van der Waals surface area contributed by atoms with Gasteiger partial charge in [-0.1, -0.05) is 175 Å². The second-order valence-corrected chi connectivity index (χ2v) is 26.0. The van der Waals surface area contributed by atoms with Gasteiger partial charge in [-0.3, -0.25) is 0 Å². The van der Waals surface area contributed by atoms with E-state index in [0.29, 0.717) is 0 Å². The Balaban J connectivity index is 1.20. The first-order valence-electron chi connectivity index (χ1n) is 26.2. The van der Waals surface area contributed by atoms with E-state index in [4.69, 9.17) is 0 Å². The highest BCUT2D eigenvalue weighted by molar-refractivity contribution is 7.00. The number of hydrogen-bond acceptors (Lipinski definition) is 3. The largest absolute Gasteiger partial charge is 0.334 e. The van der Waals surface area contributed by atoms with Gasteiger partial charge in [0.2, 0.25) is 0 Å². The van der Waals surface area contributed by atoms with Crippen LogP contribution in [0.1, 0.15) is 150 Å². The summed E-state index contributed by atoms with van der Waals surface area (Å²) in [6.07, 6.45) is 3.59. The summed E-state index contributed by atoms with van der Waals surface area (Å²) in [5.74, 6) is 0. The third-order valence-electron chi connectivity index (χ3n) is 17.2. The highest BCUT2D eigenvalue weighted by atomic mass is 15.3. The van der Waals surface area contributed by atoms with Crippen LogP contribution < -0.4 is 31.1 Å². The number of anilines is 8. The lowest BCUT2D eigenvalue weighted by atomic mass is 9.33. The summed E-state index contributed by atoms with van der Waals surface area (Å²) in [4.78, 5) is 8.01. The first-order valence-corrected chi connectivity index (χ1v) is 26.2. The van der Waals surface area contributed by atoms with Gasteiger partial charge in [0, 0.05) is 50.8 Å². The van der Waals surface area contributed by atoms with Crippen LogP contribution in [0.25, 0.3) is 11.1 Å². The fourth-order valence-electron chi connectivity index (χ4n) is 12.9. The quantitative estimate of drug-likeness (QED) is 0.163. The molecular formula is C66H74BN3. The molecule has 3 aliphatic heterocycles. The molecule has 356 valence electrons. The Kier molecular flexibility index (Phi) is 10.3. The lowest BCUT2D eigenvalue weighted by Gasteiger charge is -2.46. The number of fused-ring (bicyclic) bond motifs is 7. The van der Waals surface area contributed by atoms with E-state index >= 15 is 0 Å². The highest BCUT2D eigenvalue weighted by Crippen LogP contribution is 2.63. The molecule has 3 nitrogen and oxygen atoms in total. The monoisotopic (exact) mass is 920 g/mol. The first-order chi connectivity index (χ1) is 32.9. The maximum absolute atomic E-state index is 2.76. The van der Waals surface area contributed by atoms with Crippen molar-refractivity contribution < 1.29 is 0 Å². The summed E-state index contributed by atoms with van der Waals surface area (Å²) in [5.41, 5.74) is 24.8. The van der Waals surface area contributed by atoms with E-state index in [9.17, 15) is 0 Å². The molecule has 0 bridgehead atoms. The molecule has 0 aromatic heterocycles. The summed E-state index contributed by atoms with van der Waals surface area (Å²) in [7, 11) is 0. The van der Waals surface area contributed by atoms with E-state index in [1.807, 2.05) is 0 Å². The first kappa shape index (κ1) is 46.4. The van der Waals surface area contributed by atoms with Crippen molar-refractivity contribution in [3.05, 3.63) is 173 Å². The normalized spacial score (nSPS) is 19.5. The average molecular weight is 920 g/mol. The van der Waals surface area contributed by atoms with Gasteiger partial charge >= 0.3 is 0 Å². The van der Waals surface area contributed by atoms with Gasteiger partial charge in [0.05, 0.1) is 11.2 Å². The Bertz CT molecular complexity index is 3230. The fourth-order valence-corrected chi connectivity index (χ4v) is 12.9. The summed E-state index contributed by atoms with van der Waals surface area (Å²) < 4.78 is 0. The third-order valence-corrected chi connectivity index (χ3v) is 17.2. The minimum Gasteiger partial charge on any atom is -0.334 e. The molecule has 7 aromatic carbocycles. The van der Waals surface area contributed by atoms with Gasteiger partial charge in [0.15, 0.2) is 0 Å². The Labute approximate surface area is 421 Å². The summed E-state index contributed by atoms with van der Waals surface area (Å²) >= 11 is 0. The standard InChI is InChI=1S/C66H74BN3/c1-42-36-58-60-59(37-42)69(54-31-24-45(62(5,6)7)38-50(54)43-20-17-16-18-21-43)56-33-26-47(64(11,12)13)40-53(56)67(60)52-30-29-49(41-57(52)68(58)48-27-22-44(23-28-48)61(2,3)4)70-55-32-25-46(63(8,9)10)39-51(55)65(14)34-19-35-66(65,70)15/h16-18,20-33,36-41H,19,34-35H2,1-15H3. The van der Waals surface area contributed by atoms with Gasteiger partial charge in [-0.05, 0) is 164 Å². The molecule has 0 amide bonds. The van der Waals surface area contributed by atoms with Crippen molar-refractivity contribution in [2.45, 2.75) is 156 Å². The van der Waals surface area contributed by atoms with Gasteiger partial charge in [-0.2, -0.15) is 0 Å². The van der Waals surface area contributed by atoms with E-state index in [0.717, 1.165) is 6.42 Å². The number of rotatable bonds is 4. The van der Waals surface area contributed by atoms with Crippen molar-refractivity contribution in [2.75, 3.05) is 14.7 Å². The zero-order valence-corrected chi connectivity index (χ0v) is 44.8. The summed E-state index contributed by atoms with van der Waals surface area (Å²) in [6.45, 7) is 35.5. The van der Waals surface area contributed by atoms with Crippen LogP contribution >= 0.6 is 0 Å². The lowest BCUT2D eigenvalue weighted by molar-refractivity contribution is 0.330. The fraction of sp³-hybridized carbons (Fsp3) is 0.364. The molecule has 0 saturated heterocycles. The molecule has 1 fully saturated rings. The number of benzene rings is 7. The smallest absolute Gasteiger partial charge is 0.252 e. The van der Waals surface area contributed by atoms with E-state index in [1.165, 1.54) is 119 Å². The molecule has 7 aromatic rings. The van der Waals surface area contributed by atoms with Gasteiger partial charge in [-0.15, -0.1) is 0 Å². The van der Waals surface area contributed by atoms with Gasteiger partial charge in [0.25, 0.3) is 6.71 Å². The molecule has 11 rings (SSSR count). The molecule has 0 N–H and O–H groups in total. The third kappa shape index (κ3) is 7.04. The van der Waals surface area contributed by atoms with E-state index in [-0.39, 0.29) is 39.3 Å². The van der Waals surface area contributed by atoms with Crippen LogP contribution in [0.2, 0.25) is 0 Å². The van der Waals surface area contributed by atoms with E-state index < -0.39 is 0 Å². The second-order valence-electron chi connectivity index (χ2n) is 26.0. The molecular weight excluding hydrogens is 846 g/mol. The molecule has 0 spiro atoms. The molecule has 4 aliphatic rings. The minimum absolute atomic E-state index is 0.00913. The van der Waals surface area contributed by atoms with Crippen molar-refractivity contribution in [2.24, 2.45) is 0 Å². The lowest BCUT2D eigenvalue weighted by Crippen LogP contribution is -2.61. The minimum atomic E-state index is -0.0614. The van der Waals surface area contributed by atoms with Crippen LogP contribution in [0, 0.1) is 6.92 Å². The van der Waals surface area contributed by atoms with Crippen molar-refractivity contribution in [3.8, 4) is 11.1 Å². The molecule has 0 radical (unpaired) electrons. The van der Waals surface area contributed by atoms with Crippen LogP contribution in [0.5, 0.6) is 0 Å². The van der Waals surface area contributed by atoms with Crippen LogP contribution in [0.15, 0.2) is 140 Å². The molecule has 2 unspecified atom stereocenters. The van der Waals surface area contributed by atoms with Crippen molar-refractivity contribution in [1.82, 2.24) is 0 Å². The predicted octanol–water partition coefficient (Wildman–Crippen LogP) is 16.3. The average Bonchev–Trinajstić information content (AvgIpc) is 3.70. The number of hydrogen-bond donors (Lipinski definition) is 0. The van der Waals surface area contributed by atoms with Gasteiger partial charge in [0.1, 0.15) is 0 Å². The SMILES string of the molecule is Cc1cc2c3c(c1)N(c1ccc(C(C)(C)C)cc1-c1ccccc1)c1ccc(C(C)(C)C)cc1B3c1ccc(N3c4ccc(C(C)(C)C)cc4C4(C)CCCC34C)cc1N2c1ccc(C(C)(C)C)cc1. The Hall–Kier alpha value is -6.00. The van der Waals surface area contributed by atoms with Crippen molar-refractivity contribution in [1.29, 1.82) is 0 Å². The molecule has 1 aliphatic carbocycles. The zero-order chi connectivity index (χ0) is 49.7. The molecule has 4 heteroatoms. The Morgan fingerprint density at radius 3 is 1.61 bits per heavy atom. The van der Waals surface area contributed by atoms with E-state index in [2.05, 4.69) is 258 Å². The topological polar surface area (TPSA) is 9.72 Å². The van der Waals surface area contributed by atoms with Crippen molar-refractivity contribution in [3.63, 3.8) is 0 Å². The van der Waals surface area contributed by atoms with Crippen LogP contribution in [0.4, 0.5) is 45.5 Å². The molecule has 1 saturated carbocycles. The molecule has 70 heavy (non-hydrogen) atoms. The Morgan fingerprint density at radius 2 is 0.986 bits per heavy atom. The Morgan fingerprint density at radius 1 is 0.443 bits per heavy atom. The number of aryl methyl sites for hydroxylation is 1. The van der Waals surface area contributed by atoms with E-state index in [1.54, 1.807) is 0 Å².